The molecule has 0 nitrogen and oxygen atoms in total. The molecule has 0 saturated heterocycles. The van der Waals surface area contributed by atoms with E-state index in [-0.39, 0.29) is 11.2 Å². The summed E-state index contributed by atoms with van der Waals surface area (Å²) in [5.74, 6) is -0.180. The van der Waals surface area contributed by atoms with Gasteiger partial charge in [-0.15, -0.1) is 0 Å². The SMILES string of the molecule is CCC(C)(c1ccc(C)cc1)c1ccc(F)cc1. The van der Waals surface area contributed by atoms with Crippen molar-refractivity contribution >= 4 is 0 Å². The molecule has 0 aliphatic rings. The monoisotopic (exact) mass is 242 g/mol. The highest BCUT2D eigenvalue weighted by molar-refractivity contribution is 5.39. The minimum atomic E-state index is -0.180. The van der Waals surface area contributed by atoms with E-state index >= 15 is 0 Å². The van der Waals surface area contributed by atoms with Crippen molar-refractivity contribution < 1.29 is 4.39 Å². The Morgan fingerprint density at radius 2 is 1.33 bits per heavy atom. The summed E-state index contributed by atoms with van der Waals surface area (Å²) in [6.45, 7) is 6.47. The highest BCUT2D eigenvalue weighted by atomic mass is 19.1. The van der Waals surface area contributed by atoms with Crippen molar-refractivity contribution in [3.05, 3.63) is 71.0 Å². The molecule has 0 aliphatic heterocycles. The maximum Gasteiger partial charge on any atom is 0.123 e. The van der Waals surface area contributed by atoms with Crippen molar-refractivity contribution in [2.24, 2.45) is 0 Å². The van der Waals surface area contributed by atoms with Crippen LogP contribution < -0.4 is 0 Å². The van der Waals surface area contributed by atoms with Crippen molar-refractivity contribution in [3.8, 4) is 0 Å². The van der Waals surface area contributed by atoms with E-state index in [1.54, 1.807) is 0 Å². The standard InChI is InChI=1S/C17H19F/c1-4-17(3,14-7-5-13(2)6-8-14)15-9-11-16(18)12-10-15/h5-12H,4H2,1-3H3. The fraction of sp³-hybridized carbons (Fsp3) is 0.294. The fourth-order valence-electron chi connectivity index (χ4n) is 2.31. The molecule has 0 radical (unpaired) electrons. The first-order valence-corrected chi connectivity index (χ1v) is 6.39. The third-order valence-electron chi connectivity index (χ3n) is 3.88. The second-order valence-corrected chi connectivity index (χ2v) is 5.06. The highest BCUT2D eigenvalue weighted by Crippen LogP contribution is 2.35. The zero-order valence-electron chi connectivity index (χ0n) is 11.2. The average molecular weight is 242 g/mol. The van der Waals surface area contributed by atoms with E-state index in [0.29, 0.717) is 0 Å². The third-order valence-corrected chi connectivity index (χ3v) is 3.88. The summed E-state index contributed by atoms with van der Waals surface area (Å²) in [5, 5.41) is 0. The lowest BCUT2D eigenvalue weighted by Crippen LogP contribution is -2.22. The number of aryl methyl sites for hydroxylation is 1. The van der Waals surface area contributed by atoms with Crippen LogP contribution in [0.4, 0.5) is 4.39 Å². The highest BCUT2D eigenvalue weighted by Gasteiger charge is 2.26. The molecule has 94 valence electrons. The molecule has 0 heterocycles. The van der Waals surface area contributed by atoms with Crippen LogP contribution >= 0.6 is 0 Å². The van der Waals surface area contributed by atoms with Crippen LogP contribution in [0.15, 0.2) is 48.5 Å². The predicted molar refractivity (Wildman–Crippen MR) is 74.3 cm³/mol. The van der Waals surface area contributed by atoms with E-state index in [2.05, 4.69) is 45.0 Å². The zero-order valence-corrected chi connectivity index (χ0v) is 11.2. The molecule has 2 aromatic carbocycles. The van der Waals surface area contributed by atoms with Gasteiger partial charge < -0.3 is 0 Å². The lowest BCUT2D eigenvalue weighted by Gasteiger charge is -2.30. The molecule has 0 spiro atoms. The average Bonchev–Trinajstić information content (AvgIpc) is 2.39. The number of hydrogen-bond acceptors (Lipinski definition) is 0. The molecule has 18 heavy (non-hydrogen) atoms. The molecule has 0 aromatic heterocycles. The van der Waals surface area contributed by atoms with Gasteiger partial charge >= 0.3 is 0 Å². The van der Waals surface area contributed by atoms with Gasteiger partial charge in [0.25, 0.3) is 0 Å². The molecule has 1 unspecified atom stereocenters. The van der Waals surface area contributed by atoms with Crippen LogP contribution in [0.5, 0.6) is 0 Å². The second-order valence-electron chi connectivity index (χ2n) is 5.06. The van der Waals surface area contributed by atoms with Gasteiger partial charge in [-0.3, -0.25) is 0 Å². The topological polar surface area (TPSA) is 0 Å². The van der Waals surface area contributed by atoms with E-state index in [4.69, 9.17) is 0 Å². The Labute approximate surface area is 108 Å². The molecule has 0 aliphatic carbocycles. The molecule has 1 heteroatoms. The van der Waals surface area contributed by atoms with Crippen molar-refractivity contribution in [1.29, 1.82) is 0 Å². The molecule has 0 bridgehead atoms. The Morgan fingerprint density at radius 1 is 0.889 bits per heavy atom. The number of halogens is 1. The van der Waals surface area contributed by atoms with Gasteiger partial charge in [-0.2, -0.15) is 0 Å². The molecule has 0 amide bonds. The third kappa shape index (κ3) is 2.31. The summed E-state index contributed by atoms with van der Waals surface area (Å²) in [6.07, 6.45) is 0.988. The molecular weight excluding hydrogens is 223 g/mol. The van der Waals surface area contributed by atoms with Crippen molar-refractivity contribution in [3.63, 3.8) is 0 Å². The molecule has 2 aromatic rings. The Bertz CT molecular complexity index is 463. The minimum absolute atomic E-state index is 0.0542. The van der Waals surface area contributed by atoms with E-state index in [1.807, 2.05) is 12.1 Å². The van der Waals surface area contributed by atoms with Crippen LogP contribution in [0.25, 0.3) is 0 Å². The van der Waals surface area contributed by atoms with Crippen LogP contribution in [0, 0.1) is 12.7 Å². The molecule has 2 rings (SSSR count). The summed E-state index contributed by atoms with van der Waals surface area (Å²) < 4.78 is 13.0. The Hall–Kier alpha value is -1.63. The summed E-state index contributed by atoms with van der Waals surface area (Å²) in [4.78, 5) is 0. The van der Waals surface area contributed by atoms with Gasteiger partial charge in [-0.25, -0.2) is 4.39 Å². The minimum Gasteiger partial charge on any atom is -0.207 e. The molecule has 0 N–H and O–H groups in total. The van der Waals surface area contributed by atoms with Crippen LogP contribution in [-0.4, -0.2) is 0 Å². The van der Waals surface area contributed by atoms with Crippen molar-refractivity contribution in [2.45, 2.75) is 32.6 Å². The van der Waals surface area contributed by atoms with E-state index in [9.17, 15) is 4.39 Å². The number of rotatable bonds is 3. The molecule has 0 saturated carbocycles. The van der Waals surface area contributed by atoms with Crippen molar-refractivity contribution in [2.75, 3.05) is 0 Å². The van der Waals surface area contributed by atoms with Gasteiger partial charge in [-0.1, -0.05) is 55.8 Å². The van der Waals surface area contributed by atoms with Gasteiger partial charge in [-0.05, 0) is 36.6 Å². The van der Waals surface area contributed by atoms with Crippen LogP contribution in [0.1, 0.15) is 37.0 Å². The first kappa shape index (κ1) is 12.8. The van der Waals surface area contributed by atoms with Crippen LogP contribution in [0.3, 0.4) is 0 Å². The zero-order chi connectivity index (χ0) is 13.2. The van der Waals surface area contributed by atoms with Crippen LogP contribution in [0.2, 0.25) is 0 Å². The van der Waals surface area contributed by atoms with E-state index in [0.717, 1.165) is 12.0 Å². The largest absolute Gasteiger partial charge is 0.207 e. The first-order chi connectivity index (χ1) is 8.56. The summed E-state index contributed by atoms with van der Waals surface area (Å²) in [7, 11) is 0. The molecular formula is C17H19F. The van der Waals surface area contributed by atoms with Crippen LogP contribution in [-0.2, 0) is 5.41 Å². The Kier molecular flexibility index (Phi) is 3.51. The van der Waals surface area contributed by atoms with Crippen molar-refractivity contribution in [1.82, 2.24) is 0 Å². The van der Waals surface area contributed by atoms with Gasteiger partial charge in [0.15, 0.2) is 0 Å². The quantitative estimate of drug-likeness (QED) is 0.721. The second kappa shape index (κ2) is 4.93. The number of hydrogen-bond donors (Lipinski definition) is 0. The Morgan fingerprint density at radius 3 is 1.78 bits per heavy atom. The maximum absolute atomic E-state index is 13.0. The fourth-order valence-corrected chi connectivity index (χ4v) is 2.31. The number of benzene rings is 2. The van der Waals surface area contributed by atoms with E-state index < -0.39 is 0 Å². The molecule has 0 fully saturated rings. The van der Waals surface area contributed by atoms with E-state index in [1.165, 1.54) is 23.3 Å². The maximum atomic E-state index is 13.0. The van der Waals surface area contributed by atoms with Gasteiger partial charge in [0.1, 0.15) is 5.82 Å². The summed E-state index contributed by atoms with van der Waals surface area (Å²) in [5.41, 5.74) is 3.65. The lowest BCUT2D eigenvalue weighted by molar-refractivity contribution is 0.546. The van der Waals surface area contributed by atoms with Gasteiger partial charge in [0.2, 0.25) is 0 Å². The van der Waals surface area contributed by atoms with Gasteiger partial charge in [0, 0.05) is 5.41 Å². The predicted octanol–water partition coefficient (Wildman–Crippen LogP) is 4.85. The Balaban J connectivity index is 2.47. The lowest BCUT2D eigenvalue weighted by atomic mass is 9.74. The first-order valence-electron chi connectivity index (χ1n) is 6.39. The molecule has 1 atom stereocenters. The summed E-state index contributed by atoms with van der Waals surface area (Å²) in [6, 6.07) is 15.5. The van der Waals surface area contributed by atoms with Gasteiger partial charge in [0.05, 0.1) is 0 Å². The summed E-state index contributed by atoms with van der Waals surface area (Å²) >= 11 is 0. The smallest absolute Gasteiger partial charge is 0.123 e. The normalized spacial score (nSPS) is 14.2.